The van der Waals surface area contributed by atoms with Gasteiger partial charge in [-0.2, -0.15) is 10.2 Å². The van der Waals surface area contributed by atoms with Crippen LogP contribution >= 0.6 is 0 Å². The van der Waals surface area contributed by atoms with Gasteiger partial charge in [0.1, 0.15) is 11.4 Å². The predicted octanol–water partition coefficient (Wildman–Crippen LogP) is 1.87. The molecule has 0 spiro atoms. The molecule has 9 nitrogen and oxygen atoms in total. The molecule has 4 aromatic rings. The zero-order valence-electron chi connectivity index (χ0n) is 14.9. The fourth-order valence-corrected chi connectivity index (χ4v) is 2.95. The zero-order chi connectivity index (χ0) is 18.4. The first-order valence-electron chi connectivity index (χ1n) is 8.23. The molecule has 0 aromatic carbocycles. The van der Waals surface area contributed by atoms with E-state index in [1.807, 2.05) is 37.7 Å². The van der Waals surface area contributed by atoms with Gasteiger partial charge in [-0.1, -0.05) is 6.58 Å². The van der Waals surface area contributed by atoms with Crippen molar-refractivity contribution >= 4 is 16.6 Å². The Morgan fingerprint density at radius 1 is 1.27 bits per heavy atom. The molecule has 0 aliphatic carbocycles. The third-order valence-corrected chi connectivity index (χ3v) is 4.17. The monoisotopic (exact) mass is 349 g/mol. The van der Waals surface area contributed by atoms with Gasteiger partial charge in [-0.05, 0) is 26.0 Å². The van der Waals surface area contributed by atoms with Crippen LogP contribution in [0.1, 0.15) is 18.3 Å². The Labute approximate surface area is 149 Å². The van der Waals surface area contributed by atoms with E-state index in [0.29, 0.717) is 28.7 Å². The molecule has 0 amide bonds. The Kier molecular flexibility index (Phi) is 3.57. The van der Waals surface area contributed by atoms with Crippen molar-refractivity contribution in [2.24, 2.45) is 12.8 Å². The lowest BCUT2D eigenvalue weighted by atomic mass is 10.2. The summed E-state index contributed by atoms with van der Waals surface area (Å²) < 4.78 is 3.59. The number of nitrogens with zero attached hydrogens (tertiary/aromatic N) is 7. The first kappa shape index (κ1) is 16.0. The van der Waals surface area contributed by atoms with Crippen molar-refractivity contribution in [1.29, 1.82) is 0 Å². The average molecular weight is 349 g/mol. The summed E-state index contributed by atoms with van der Waals surface area (Å²) in [5.41, 5.74) is 10.1. The Bertz CT molecular complexity index is 1130. The molecule has 4 heterocycles. The van der Waals surface area contributed by atoms with E-state index < -0.39 is 0 Å². The number of aromatic amines is 1. The number of aromatic nitrogens is 8. The highest BCUT2D eigenvalue weighted by Gasteiger charge is 2.19. The van der Waals surface area contributed by atoms with Crippen molar-refractivity contribution in [1.82, 2.24) is 39.7 Å². The average Bonchev–Trinajstić information content (AvgIpc) is 3.31. The molecule has 132 valence electrons. The fourth-order valence-electron chi connectivity index (χ4n) is 2.95. The molecule has 0 bridgehead atoms. The molecule has 0 aliphatic heterocycles. The summed E-state index contributed by atoms with van der Waals surface area (Å²) in [5.74, 6) is 1.22. The Morgan fingerprint density at radius 3 is 2.81 bits per heavy atom. The molecule has 4 rings (SSSR count). The third-order valence-electron chi connectivity index (χ3n) is 4.17. The van der Waals surface area contributed by atoms with Gasteiger partial charge in [0.25, 0.3) is 0 Å². The summed E-state index contributed by atoms with van der Waals surface area (Å²) >= 11 is 0. The molecule has 26 heavy (non-hydrogen) atoms. The van der Waals surface area contributed by atoms with Crippen LogP contribution in [-0.4, -0.2) is 39.7 Å². The normalized spacial score (nSPS) is 11.3. The van der Waals surface area contributed by atoms with Crippen LogP contribution < -0.4 is 5.73 Å². The van der Waals surface area contributed by atoms with Gasteiger partial charge in [0, 0.05) is 19.0 Å². The van der Waals surface area contributed by atoms with Gasteiger partial charge in [-0.3, -0.25) is 9.78 Å². The molecular formula is C17H19N9. The topological polar surface area (TPSA) is 116 Å². The lowest BCUT2D eigenvalue weighted by Gasteiger charge is -2.05. The second-order valence-corrected chi connectivity index (χ2v) is 6.08. The summed E-state index contributed by atoms with van der Waals surface area (Å²) in [6, 6.07) is 3.79. The molecule has 0 radical (unpaired) electrons. The van der Waals surface area contributed by atoms with Gasteiger partial charge in [0.2, 0.25) is 0 Å². The molecule has 4 aromatic heterocycles. The Morgan fingerprint density at radius 2 is 2.08 bits per heavy atom. The third kappa shape index (κ3) is 2.44. The maximum atomic E-state index is 5.85. The van der Waals surface area contributed by atoms with Gasteiger partial charge in [0.15, 0.2) is 11.6 Å². The summed E-state index contributed by atoms with van der Waals surface area (Å²) in [6.45, 7) is 8.50. The number of fused-ring (bicyclic) bond motifs is 1. The van der Waals surface area contributed by atoms with Gasteiger partial charge in [0.05, 0.1) is 28.8 Å². The van der Waals surface area contributed by atoms with Crippen molar-refractivity contribution in [2.45, 2.75) is 20.4 Å². The summed E-state index contributed by atoms with van der Waals surface area (Å²) in [7, 11) is 1.84. The SMILES string of the molecule is C=C(N)c1cc2[nH]ncc2c(-c2nc(-c3cc(C)nn3CC)nn2C)n1. The molecule has 0 atom stereocenters. The summed E-state index contributed by atoms with van der Waals surface area (Å²) in [5, 5.41) is 16.9. The van der Waals surface area contributed by atoms with E-state index in [2.05, 4.69) is 32.0 Å². The van der Waals surface area contributed by atoms with Gasteiger partial charge in [-0.25, -0.2) is 14.6 Å². The van der Waals surface area contributed by atoms with Crippen molar-refractivity contribution in [3.05, 3.63) is 36.3 Å². The fraction of sp³-hybridized carbons (Fsp3) is 0.235. The van der Waals surface area contributed by atoms with Crippen LogP contribution in [0.5, 0.6) is 0 Å². The number of nitrogens with two attached hydrogens (primary N) is 1. The molecule has 0 fully saturated rings. The molecular weight excluding hydrogens is 330 g/mol. The van der Waals surface area contributed by atoms with E-state index in [9.17, 15) is 0 Å². The smallest absolute Gasteiger partial charge is 0.200 e. The van der Waals surface area contributed by atoms with Crippen LogP contribution in [0.3, 0.4) is 0 Å². The quantitative estimate of drug-likeness (QED) is 0.581. The first-order chi connectivity index (χ1) is 12.5. The minimum absolute atomic E-state index is 0.379. The highest BCUT2D eigenvalue weighted by molar-refractivity contribution is 5.92. The lowest BCUT2D eigenvalue weighted by Crippen LogP contribution is -2.02. The van der Waals surface area contributed by atoms with E-state index in [4.69, 9.17) is 10.7 Å². The Balaban J connectivity index is 1.92. The van der Waals surface area contributed by atoms with E-state index in [0.717, 1.165) is 28.8 Å². The van der Waals surface area contributed by atoms with E-state index in [1.54, 1.807) is 10.9 Å². The van der Waals surface area contributed by atoms with E-state index in [1.165, 1.54) is 0 Å². The zero-order valence-corrected chi connectivity index (χ0v) is 14.9. The molecule has 0 saturated carbocycles. The minimum Gasteiger partial charge on any atom is -0.397 e. The van der Waals surface area contributed by atoms with Crippen LogP contribution in [0.25, 0.3) is 39.6 Å². The number of nitrogens with one attached hydrogen (secondary N) is 1. The number of rotatable bonds is 4. The molecule has 0 unspecified atom stereocenters. The maximum absolute atomic E-state index is 5.85. The number of hydrogen-bond acceptors (Lipinski definition) is 6. The number of aryl methyl sites for hydroxylation is 3. The highest BCUT2D eigenvalue weighted by atomic mass is 15.4. The lowest BCUT2D eigenvalue weighted by molar-refractivity contribution is 0.656. The van der Waals surface area contributed by atoms with Crippen LogP contribution in [0, 0.1) is 6.92 Å². The predicted molar refractivity (Wildman–Crippen MR) is 98.7 cm³/mol. The second kappa shape index (κ2) is 5.80. The molecule has 3 N–H and O–H groups in total. The molecule has 0 saturated heterocycles. The van der Waals surface area contributed by atoms with Crippen molar-refractivity contribution in [2.75, 3.05) is 0 Å². The van der Waals surface area contributed by atoms with E-state index in [-0.39, 0.29) is 0 Å². The van der Waals surface area contributed by atoms with Crippen LogP contribution in [0.15, 0.2) is 24.9 Å². The Hall–Kier alpha value is -3.49. The van der Waals surface area contributed by atoms with Gasteiger partial charge < -0.3 is 5.73 Å². The van der Waals surface area contributed by atoms with Gasteiger partial charge >= 0.3 is 0 Å². The summed E-state index contributed by atoms with van der Waals surface area (Å²) in [6.07, 6.45) is 1.72. The largest absolute Gasteiger partial charge is 0.397 e. The molecule has 0 aliphatic rings. The van der Waals surface area contributed by atoms with Crippen molar-refractivity contribution in [3.8, 4) is 23.0 Å². The molecule has 9 heteroatoms. The van der Waals surface area contributed by atoms with Gasteiger partial charge in [-0.15, -0.1) is 5.10 Å². The number of hydrogen-bond donors (Lipinski definition) is 2. The second-order valence-electron chi connectivity index (χ2n) is 6.08. The van der Waals surface area contributed by atoms with Crippen LogP contribution in [-0.2, 0) is 13.6 Å². The maximum Gasteiger partial charge on any atom is 0.200 e. The van der Waals surface area contributed by atoms with Crippen LogP contribution in [0.2, 0.25) is 0 Å². The highest BCUT2D eigenvalue weighted by Crippen LogP contribution is 2.28. The minimum atomic E-state index is 0.379. The van der Waals surface area contributed by atoms with Crippen molar-refractivity contribution in [3.63, 3.8) is 0 Å². The van der Waals surface area contributed by atoms with Crippen LogP contribution in [0.4, 0.5) is 0 Å². The number of pyridine rings is 1. The standard InChI is InChI=1S/C17H19N9/c1-5-26-14(6-9(2)23-26)16-21-17(25(4)24-16)15-11-8-19-22-13(11)7-12(20-15)10(3)18/h6-8H,3,5,18H2,1-2,4H3,(H,19,22). The van der Waals surface area contributed by atoms with Crippen molar-refractivity contribution < 1.29 is 0 Å². The van der Waals surface area contributed by atoms with E-state index >= 15 is 0 Å². The summed E-state index contributed by atoms with van der Waals surface area (Å²) in [4.78, 5) is 9.35. The first-order valence-corrected chi connectivity index (χ1v) is 8.23. The number of H-pyrrole nitrogens is 1.